The smallest absolute Gasteiger partial charge is 0.123 e. The molecule has 0 radical (unpaired) electrons. The molecule has 0 spiro atoms. The molecule has 0 aromatic heterocycles. The first kappa shape index (κ1) is 13.6. The molecule has 5 atom stereocenters. The first-order chi connectivity index (χ1) is 10.3. The van der Waals surface area contributed by atoms with Crippen LogP contribution in [0, 0.1) is 30.6 Å². The minimum absolute atomic E-state index is 0.750. The SMILES string of the molecule is COc1ccc(C)cc1CNC1CC2CC1C1CCCC21. The van der Waals surface area contributed by atoms with Crippen molar-refractivity contribution in [1.82, 2.24) is 5.32 Å². The zero-order valence-electron chi connectivity index (χ0n) is 13.3. The van der Waals surface area contributed by atoms with Gasteiger partial charge in [0.25, 0.3) is 0 Å². The molecule has 5 unspecified atom stereocenters. The van der Waals surface area contributed by atoms with Crippen LogP contribution in [0.3, 0.4) is 0 Å². The van der Waals surface area contributed by atoms with E-state index in [0.717, 1.165) is 42.0 Å². The minimum atomic E-state index is 0.750. The van der Waals surface area contributed by atoms with E-state index in [1.165, 1.54) is 43.2 Å². The lowest BCUT2D eigenvalue weighted by molar-refractivity contribution is 0.207. The Balaban J connectivity index is 1.43. The highest BCUT2D eigenvalue weighted by Crippen LogP contribution is 2.58. The van der Waals surface area contributed by atoms with Crippen LogP contribution in [0.15, 0.2) is 18.2 Å². The fourth-order valence-electron chi connectivity index (χ4n) is 5.59. The van der Waals surface area contributed by atoms with Gasteiger partial charge in [0.2, 0.25) is 0 Å². The second-order valence-corrected chi connectivity index (χ2v) is 7.46. The molecule has 3 aliphatic rings. The molecule has 4 rings (SSSR count). The van der Waals surface area contributed by atoms with E-state index in [0.29, 0.717) is 0 Å². The van der Waals surface area contributed by atoms with E-state index >= 15 is 0 Å². The zero-order valence-corrected chi connectivity index (χ0v) is 13.3. The fraction of sp³-hybridized carbons (Fsp3) is 0.684. The van der Waals surface area contributed by atoms with Crippen molar-refractivity contribution in [3.63, 3.8) is 0 Å². The summed E-state index contributed by atoms with van der Waals surface area (Å²) in [5, 5.41) is 3.86. The van der Waals surface area contributed by atoms with E-state index in [4.69, 9.17) is 4.74 Å². The van der Waals surface area contributed by atoms with Crippen molar-refractivity contribution in [2.24, 2.45) is 23.7 Å². The molecule has 3 saturated carbocycles. The zero-order chi connectivity index (χ0) is 14.4. The molecule has 3 aliphatic carbocycles. The van der Waals surface area contributed by atoms with Gasteiger partial charge in [0, 0.05) is 18.2 Å². The van der Waals surface area contributed by atoms with Crippen LogP contribution in [0.5, 0.6) is 5.75 Å². The van der Waals surface area contributed by atoms with Crippen molar-refractivity contribution >= 4 is 0 Å². The van der Waals surface area contributed by atoms with Gasteiger partial charge in [-0.15, -0.1) is 0 Å². The van der Waals surface area contributed by atoms with E-state index in [9.17, 15) is 0 Å². The number of nitrogens with one attached hydrogen (secondary N) is 1. The van der Waals surface area contributed by atoms with E-state index in [1.807, 2.05) is 0 Å². The van der Waals surface area contributed by atoms with E-state index in [2.05, 4.69) is 30.4 Å². The second-order valence-electron chi connectivity index (χ2n) is 7.46. The molecule has 114 valence electrons. The van der Waals surface area contributed by atoms with Crippen molar-refractivity contribution < 1.29 is 4.74 Å². The fourth-order valence-corrected chi connectivity index (χ4v) is 5.59. The van der Waals surface area contributed by atoms with Gasteiger partial charge in [0.05, 0.1) is 7.11 Å². The third-order valence-electron chi connectivity index (χ3n) is 6.42. The molecule has 2 bridgehead atoms. The number of fused-ring (bicyclic) bond motifs is 5. The molecular formula is C19H27NO. The molecule has 1 aromatic rings. The summed E-state index contributed by atoms with van der Waals surface area (Å²) in [6, 6.07) is 7.24. The predicted molar refractivity (Wildman–Crippen MR) is 85.4 cm³/mol. The van der Waals surface area contributed by atoms with Gasteiger partial charge < -0.3 is 10.1 Å². The monoisotopic (exact) mass is 285 g/mol. The van der Waals surface area contributed by atoms with Crippen molar-refractivity contribution in [3.05, 3.63) is 29.3 Å². The third-order valence-corrected chi connectivity index (χ3v) is 6.42. The van der Waals surface area contributed by atoms with Crippen LogP contribution in [0.4, 0.5) is 0 Å². The van der Waals surface area contributed by atoms with Crippen molar-refractivity contribution in [2.45, 2.75) is 51.6 Å². The molecule has 2 heteroatoms. The highest BCUT2D eigenvalue weighted by atomic mass is 16.5. The van der Waals surface area contributed by atoms with Crippen LogP contribution >= 0.6 is 0 Å². The summed E-state index contributed by atoms with van der Waals surface area (Å²) in [5.74, 6) is 5.13. The van der Waals surface area contributed by atoms with Crippen LogP contribution in [-0.4, -0.2) is 13.2 Å². The Bertz CT molecular complexity index is 526. The number of hydrogen-bond acceptors (Lipinski definition) is 2. The minimum Gasteiger partial charge on any atom is -0.496 e. The largest absolute Gasteiger partial charge is 0.496 e. The summed E-state index contributed by atoms with van der Waals surface area (Å²) < 4.78 is 5.51. The maximum atomic E-state index is 5.51. The van der Waals surface area contributed by atoms with Gasteiger partial charge >= 0.3 is 0 Å². The van der Waals surface area contributed by atoms with E-state index in [-0.39, 0.29) is 0 Å². The number of ether oxygens (including phenoxy) is 1. The third kappa shape index (κ3) is 2.28. The molecule has 3 fully saturated rings. The van der Waals surface area contributed by atoms with Crippen LogP contribution in [-0.2, 0) is 6.54 Å². The highest BCUT2D eigenvalue weighted by molar-refractivity contribution is 5.36. The van der Waals surface area contributed by atoms with Crippen LogP contribution in [0.2, 0.25) is 0 Å². The average molecular weight is 285 g/mol. The Kier molecular flexibility index (Phi) is 3.45. The van der Waals surface area contributed by atoms with Gasteiger partial charge in [-0.1, -0.05) is 24.1 Å². The molecule has 0 amide bonds. The van der Waals surface area contributed by atoms with E-state index in [1.54, 1.807) is 7.11 Å². The van der Waals surface area contributed by atoms with Crippen LogP contribution in [0.25, 0.3) is 0 Å². The summed E-state index contributed by atoms with van der Waals surface area (Å²) in [5.41, 5.74) is 2.62. The quantitative estimate of drug-likeness (QED) is 0.905. The first-order valence-electron chi connectivity index (χ1n) is 8.63. The number of rotatable bonds is 4. The van der Waals surface area contributed by atoms with Gasteiger partial charge in [0.1, 0.15) is 5.75 Å². The standard InChI is InChI=1S/C19H27NO/c1-12-6-7-19(21-2)14(8-12)11-20-18-10-13-9-17(18)16-5-3-4-15(13)16/h6-8,13,15-18,20H,3-5,9-11H2,1-2H3. The molecule has 1 aromatic carbocycles. The molecule has 0 aliphatic heterocycles. The first-order valence-corrected chi connectivity index (χ1v) is 8.63. The Hall–Kier alpha value is -1.02. The van der Waals surface area contributed by atoms with Gasteiger partial charge in [-0.25, -0.2) is 0 Å². The molecule has 0 saturated heterocycles. The average Bonchev–Trinajstić information content (AvgIpc) is 3.17. The Morgan fingerprint density at radius 1 is 1.14 bits per heavy atom. The summed E-state index contributed by atoms with van der Waals surface area (Å²) in [7, 11) is 1.77. The lowest BCUT2D eigenvalue weighted by Gasteiger charge is -2.32. The Morgan fingerprint density at radius 3 is 2.86 bits per heavy atom. The Labute approximate surface area is 128 Å². The number of hydrogen-bond donors (Lipinski definition) is 1. The van der Waals surface area contributed by atoms with Crippen LogP contribution < -0.4 is 10.1 Å². The van der Waals surface area contributed by atoms with Gasteiger partial charge in [-0.2, -0.15) is 0 Å². The van der Waals surface area contributed by atoms with Gasteiger partial charge in [-0.3, -0.25) is 0 Å². The van der Waals surface area contributed by atoms with Crippen molar-refractivity contribution in [3.8, 4) is 5.75 Å². The summed E-state index contributed by atoms with van der Waals surface area (Å²) in [6.45, 7) is 3.11. The van der Waals surface area contributed by atoms with Gasteiger partial charge in [0.15, 0.2) is 0 Å². The summed E-state index contributed by atoms with van der Waals surface area (Å²) >= 11 is 0. The van der Waals surface area contributed by atoms with Crippen molar-refractivity contribution in [1.29, 1.82) is 0 Å². The highest BCUT2D eigenvalue weighted by Gasteiger charge is 2.53. The normalized spacial score (nSPS) is 37.0. The number of methoxy groups -OCH3 is 1. The maximum Gasteiger partial charge on any atom is 0.123 e. The molecular weight excluding hydrogens is 258 g/mol. The number of aryl methyl sites for hydroxylation is 1. The predicted octanol–water partition coefficient (Wildman–Crippen LogP) is 3.92. The maximum absolute atomic E-state index is 5.51. The topological polar surface area (TPSA) is 21.3 Å². The lowest BCUT2D eigenvalue weighted by atomic mass is 9.79. The summed E-state index contributed by atoms with van der Waals surface area (Å²) in [4.78, 5) is 0. The number of benzene rings is 1. The van der Waals surface area contributed by atoms with E-state index < -0.39 is 0 Å². The molecule has 0 heterocycles. The lowest BCUT2D eigenvalue weighted by Crippen LogP contribution is -2.38. The second kappa shape index (κ2) is 5.31. The summed E-state index contributed by atoms with van der Waals surface area (Å²) in [6.07, 6.45) is 7.42. The van der Waals surface area contributed by atoms with Crippen LogP contribution in [0.1, 0.15) is 43.2 Å². The molecule has 2 nitrogen and oxygen atoms in total. The van der Waals surface area contributed by atoms with Gasteiger partial charge in [-0.05, 0) is 62.3 Å². The Morgan fingerprint density at radius 2 is 2.00 bits per heavy atom. The van der Waals surface area contributed by atoms with Crippen molar-refractivity contribution in [2.75, 3.05) is 7.11 Å². The molecule has 1 N–H and O–H groups in total. The molecule has 21 heavy (non-hydrogen) atoms.